The minimum absolute atomic E-state index is 0.00912. The summed E-state index contributed by atoms with van der Waals surface area (Å²) in [5, 5.41) is -0.0603. The Morgan fingerprint density at radius 3 is 1.52 bits per heavy atom. The average molecular weight is 683 g/mol. The van der Waals surface area contributed by atoms with Crippen LogP contribution in [-0.4, -0.2) is 15.2 Å². The quantitative estimate of drug-likeness (QED) is 0.141. The van der Waals surface area contributed by atoms with Gasteiger partial charge < -0.3 is 0 Å². The van der Waals surface area contributed by atoms with Gasteiger partial charge in [0.15, 0.2) is 5.43 Å². The first-order chi connectivity index (χ1) is 22.1. The molecule has 232 valence electrons. The molecule has 0 aliphatic heterocycles. The zero-order valence-corrected chi connectivity index (χ0v) is 25.8. The molecule has 46 heavy (non-hydrogen) atoms. The summed E-state index contributed by atoms with van der Waals surface area (Å²) in [4.78, 5) is 36.6. The van der Waals surface area contributed by atoms with Gasteiger partial charge in [-0.15, -0.1) is 0 Å². The molecular formula is C34H21Cl3F3N3O3. The molecule has 1 aliphatic rings. The summed E-state index contributed by atoms with van der Waals surface area (Å²) in [7, 11) is 0. The number of halogens is 6. The maximum absolute atomic E-state index is 14.0. The lowest BCUT2D eigenvalue weighted by Crippen LogP contribution is -2.23. The number of rotatable bonds is 3. The Kier molecular flexibility index (Phi) is 11.7. The summed E-state index contributed by atoms with van der Waals surface area (Å²) in [6.45, 7) is 0. The molecule has 6 rings (SSSR count). The number of allylic oxidation sites excluding steroid dienone is 2. The van der Waals surface area contributed by atoms with Crippen molar-refractivity contribution >= 4 is 58.7 Å². The fraction of sp³-hybridized carbons (Fsp3) is 0.0294. The molecular weight excluding hydrogens is 662 g/mol. The molecule has 6 nitrogen and oxygen atoms in total. The molecule has 0 N–H and O–H groups in total. The summed E-state index contributed by atoms with van der Waals surface area (Å²) in [5.74, 6) is -1.86. The molecule has 0 spiro atoms. The van der Waals surface area contributed by atoms with Gasteiger partial charge in [0, 0.05) is 6.07 Å². The van der Waals surface area contributed by atoms with Gasteiger partial charge in [0.25, 0.3) is 0 Å². The van der Waals surface area contributed by atoms with Crippen LogP contribution in [0, 0.1) is 17.5 Å². The van der Waals surface area contributed by atoms with E-state index >= 15 is 0 Å². The third-order valence-electron chi connectivity index (χ3n) is 6.21. The van der Waals surface area contributed by atoms with Crippen molar-refractivity contribution < 1.29 is 18.0 Å². The van der Waals surface area contributed by atoms with E-state index in [0.717, 1.165) is 6.07 Å². The minimum atomic E-state index is -0.631. The van der Waals surface area contributed by atoms with Crippen molar-refractivity contribution in [2.24, 2.45) is 4.99 Å². The number of hydrogen-bond acceptors (Lipinski definition) is 4. The molecule has 0 saturated carbocycles. The van der Waals surface area contributed by atoms with Gasteiger partial charge in [0.2, 0.25) is 6.08 Å². The topological polar surface area (TPSA) is 73.4 Å². The van der Waals surface area contributed by atoms with Gasteiger partial charge in [-0.1, -0.05) is 71.2 Å². The molecule has 1 aliphatic carbocycles. The van der Waals surface area contributed by atoms with Crippen molar-refractivity contribution in [3.63, 3.8) is 0 Å². The number of imidazole rings is 1. The lowest BCUT2D eigenvalue weighted by atomic mass is 10.2. The molecule has 0 saturated heterocycles. The van der Waals surface area contributed by atoms with Crippen LogP contribution in [0.15, 0.2) is 118 Å². The highest BCUT2D eigenvalue weighted by Crippen LogP contribution is 2.26. The van der Waals surface area contributed by atoms with Gasteiger partial charge in [-0.3, -0.25) is 13.9 Å². The number of aliphatic imine (C=N–C) groups is 1. The first-order valence-electron chi connectivity index (χ1n) is 13.3. The SMILES string of the molecule is O=C=Nc1ccc(Cl)c(F)c1.O=c1cccccc1.O=c1n(-c2ccc(Cl)c(F)c2)c2c(n1-c1ccc(Cl)c(F)c1)C=CCC=C2. The van der Waals surface area contributed by atoms with E-state index in [1.165, 1.54) is 63.7 Å². The van der Waals surface area contributed by atoms with Crippen molar-refractivity contribution in [3.05, 3.63) is 168 Å². The predicted molar refractivity (Wildman–Crippen MR) is 176 cm³/mol. The van der Waals surface area contributed by atoms with Crippen LogP contribution >= 0.6 is 34.8 Å². The fourth-order valence-electron chi connectivity index (χ4n) is 4.13. The van der Waals surface area contributed by atoms with E-state index < -0.39 is 23.1 Å². The van der Waals surface area contributed by atoms with Gasteiger partial charge in [-0.2, -0.15) is 4.99 Å². The van der Waals surface area contributed by atoms with E-state index in [9.17, 15) is 27.6 Å². The lowest BCUT2D eigenvalue weighted by molar-refractivity contribution is 0.565. The smallest absolute Gasteiger partial charge is 0.290 e. The molecule has 4 aromatic carbocycles. The highest BCUT2D eigenvalue weighted by atomic mass is 35.5. The fourth-order valence-corrected chi connectivity index (χ4v) is 4.48. The van der Waals surface area contributed by atoms with Crippen molar-refractivity contribution in [3.8, 4) is 11.4 Å². The van der Waals surface area contributed by atoms with Crippen LogP contribution in [0.25, 0.3) is 23.5 Å². The number of isocyanates is 1. The van der Waals surface area contributed by atoms with Gasteiger partial charge in [0.05, 0.1) is 43.5 Å². The minimum Gasteiger partial charge on any atom is -0.290 e. The predicted octanol–water partition coefficient (Wildman–Crippen LogP) is 9.14. The highest BCUT2D eigenvalue weighted by Gasteiger charge is 2.21. The Balaban J connectivity index is 0.000000206. The monoisotopic (exact) mass is 681 g/mol. The van der Waals surface area contributed by atoms with Crippen LogP contribution in [0.5, 0.6) is 0 Å². The van der Waals surface area contributed by atoms with E-state index in [1.54, 1.807) is 36.4 Å². The van der Waals surface area contributed by atoms with Crippen molar-refractivity contribution in [2.45, 2.75) is 6.42 Å². The molecule has 1 aromatic heterocycles. The van der Waals surface area contributed by atoms with E-state index in [0.29, 0.717) is 29.2 Å². The Morgan fingerprint density at radius 1 is 0.630 bits per heavy atom. The number of aromatic nitrogens is 2. The van der Waals surface area contributed by atoms with Crippen LogP contribution < -0.4 is 11.1 Å². The number of nitrogens with zero attached hydrogens (tertiary/aromatic N) is 3. The largest absolute Gasteiger partial charge is 0.338 e. The number of hydrogen-bond donors (Lipinski definition) is 0. The number of fused-ring (bicyclic) bond motifs is 1. The second-order valence-corrected chi connectivity index (χ2v) is 10.5. The van der Waals surface area contributed by atoms with Gasteiger partial charge >= 0.3 is 5.69 Å². The van der Waals surface area contributed by atoms with E-state index in [4.69, 9.17) is 34.8 Å². The molecule has 1 heterocycles. The Morgan fingerprint density at radius 2 is 1.09 bits per heavy atom. The molecule has 0 radical (unpaired) electrons. The average Bonchev–Trinajstić information content (AvgIpc) is 3.25. The van der Waals surface area contributed by atoms with Crippen LogP contribution in [0.4, 0.5) is 18.9 Å². The summed E-state index contributed by atoms with van der Waals surface area (Å²) in [6.07, 6.45) is 9.31. The van der Waals surface area contributed by atoms with E-state index in [2.05, 4.69) is 4.99 Å². The first-order valence-corrected chi connectivity index (χ1v) is 14.4. The maximum atomic E-state index is 14.0. The summed E-state index contributed by atoms with van der Waals surface area (Å²) in [5.41, 5.74) is 1.57. The number of benzene rings is 3. The normalized spacial score (nSPS) is 11.2. The lowest BCUT2D eigenvalue weighted by Gasteiger charge is -2.06. The molecule has 0 atom stereocenters. The van der Waals surface area contributed by atoms with Gasteiger partial charge in [-0.05, 0) is 79.2 Å². The van der Waals surface area contributed by atoms with Crippen LogP contribution in [0.2, 0.25) is 15.1 Å². The molecule has 0 bridgehead atoms. The van der Waals surface area contributed by atoms with E-state index in [1.807, 2.05) is 24.3 Å². The summed E-state index contributed by atoms with van der Waals surface area (Å²) >= 11 is 16.9. The third kappa shape index (κ3) is 8.41. The molecule has 12 heteroatoms. The second-order valence-electron chi connectivity index (χ2n) is 9.27. The zero-order chi connectivity index (χ0) is 33.2. The Labute approximate surface area is 275 Å². The Hall–Kier alpha value is -4.92. The number of carbonyl (C=O) groups excluding carboxylic acids is 1. The standard InChI is InChI=1S/C20H12Cl2F2N2O.C7H3ClFNO.C7H6O/c21-14-8-6-12(10-16(14)23)25-18-4-2-1-3-5-19(18)26(20(25)27)13-7-9-15(22)17(24)11-13;8-6-2-1-5(10-4-11)3-7(6)9;8-7-5-3-1-2-4-6-7/h2-11H,1H2;1-3H;1-6H. The maximum Gasteiger partial charge on any atom is 0.338 e. The Bertz CT molecular complexity index is 2010. The van der Waals surface area contributed by atoms with Crippen LogP contribution in [-0.2, 0) is 4.79 Å². The summed E-state index contributed by atoms with van der Waals surface area (Å²) < 4.78 is 43.3. The second kappa shape index (κ2) is 15.9. The third-order valence-corrected chi connectivity index (χ3v) is 7.13. The summed E-state index contributed by atoms with van der Waals surface area (Å²) in [6, 6.07) is 22.2. The van der Waals surface area contributed by atoms with E-state index in [-0.39, 0.29) is 26.2 Å². The zero-order valence-electron chi connectivity index (χ0n) is 23.5. The molecule has 5 aromatic rings. The van der Waals surface area contributed by atoms with Gasteiger partial charge in [0.1, 0.15) is 17.5 Å². The first kappa shape index (κ1) is 34.0. The van der Waals surface area contributed by atoms with Crippen molar-refractivity contribution in [1.29, 1.82) is 0 Å². The highest BCUT2D eigenvalue weighted by molar-refractivity contribution is 6.31. The van der Waals surface area contributed by atoms with Crippen molar-refractivity contribution in [2.75, 3.05) is 0 Å². The van der Waals surface area contributed by atoms with Crippen LogP contribution in [0.1, 0.15) is 17.8 Å². The molecule has 0 fully saturated rings. The van der Waals surface area contributed by atoms with Crippen molar-refractivity contribution in [1.82, 2.24) is 9.13 Å². The molecule has 0 unspecified atom stereocenters. The van der Waals surface area contributed by atoms with Gasteiger partial charge in [-0.25, -0.2) is 22.8 Å². The molecule has 0 amide bonds. The van der Waals surface area contributed by atoms with Crippen LogP contribution in [0.3, 0.4) is 0 Å².